The number of aryl methyl sites for hydroxylation is 2. The number of nitrogens with zero attached hydrogens (tertiary/aromatic N) is 1. The number of carbonyl (C=O) groups excluding carboxylic acids is 2. The van der Waals surface area contributed by atoms with Crippen LogP contribution < -0.4 is 11.1 Å². The van der Waals surface area contributed by atoms with E-state index in [0.717, 1.165) is 30.5 Å². The van der Waals surface area contributed by atoms with Crippen molar-refractivity contribution < 1.29 is 9.59 Å². The zero-order valence-corrected chi connectivity index (χ0v) is 12.7. The molecule has 114 valence electrons. The SMILES string of the molecule is Cc1ccc(C(=O)N(CC(N)=O)C2CCCNC2)c(C)c1. The molecule has 1 aliphatic heterocycles. The lowest BCUT2D eigenvalue weighted by Crippen LogP contribution is -2.51. The van der Waals surface area contributed by atoms with Gasteiger partial charge in [-0.15, -0.1) is 0 Å². The van der Waals surface area contributed by atoms with Gasteiger partial charge in [-0.1, -0.05) is 17.7 Å². The molecule has 1 aliphatic rings. The molecule has 5 nitrogen and oxygen atoms in total. The first-order valence-corrected chi connectivity index (χ1v) is 7.36. The normalized spacial score (nSPS) is 18.3. The molecule has 1 atom stereocenters. The van der Waals surface area contributed by atoms with Gasteiger partial charge in [0.15, 0.2) is 0 Å². The quantitative estimate of drug-likeness (QED) is 0.867. The van der Waals surface area contributed by atoms with E-state index in [0.29, 0.717) is 12.1 Å². The topological polar surface area (TPSA) is 75.4 Å². The summed E-state index contributed by atoms with van der Waals surface area (Å²) in [6.07, 6.45) is 1.90. The third-order valence-electron chi connectivity index (χ3n) is 3.91. The number of piperidine rings is 1. The Morgan fingerprint density at radius 2 is 2.14 bits per heavy atom. The van der Waals surface area contributed by atoms with Crippen LogP contribution in [0, 0.1) is 13.8 Å². The number of rotatable bonds is 4. The average Bonchev–Trinajstić information content (AvgIpc) is 2.45. The second kappa shape index (κ2) is 6.72. The van der Waals surface area contributed by atoms with Crippen molar-refractivity contribution in [1.29, 1.82) is 0 Å². The van der Waals surface area contributed by atoms with Gasteiger partial charge in [0.1, 0.15) is 0 Å². The minimum atomic E-state index is -0.473. The monoisotopic (exact) mass is 289 g/mol. The number of amides is 2. The Morgan fingerprint density at radius 3 is 2.71 bits per heavy atom. The summed E-state index contributed by atoms with van der Waals surface area (Å²) in [5.74, 6) is -0.585. The molecule has 1 aromatic rings. The van der Waals surface area contributed by atoms with Crippen molar-refractivity contribution in [2.45, 2.75) is 32.7 Å². The maximum Gasteiger partial charge on any atom is 0.254 e. The van der Waals surface area contributed by atoms with E-state index in [-0.39, 0.29) is 18.5 Å². The van der Waals surface area contributed by atoms with E-state index in [2.05, 4.69) is 5.32 Å². The van der Waals surface area contributed by atoms with Crippen LogP contribution in [0.15, 0.2) is 18.2 Å². The largest absolute Gasteiger partial charge is 0.368 e. The maximum atomic E-state index is 12.8. The second-order valence-corrected chi connectivity index (χ2v) is 5.72. The van der Waals surface area contributed by atoms with E-state index in [1.165, 1.54) is 0 Å². The molecule has 1 unspecified atom stereocenters. The van der Waals surface area contributed by atoms with Gasteiger partial charge in [-0.05, 0) is 44.9 Å². The highest BCUT2D eigenvalue weighted by Gasteiger charge is 2.28. The fraction of sp³-hybridized carbons (Fsp3) is 0.500. The molecular formula is C16H23N3O2. The summed E-state index contributed by atoms with van der Waals surface area (Å²) in [6, 6.07) is 5.76. The summed E-state index contributed by atoms with van der Waals surface area (Å²) in [5, 5.41) is 3.27. The van der Waals surface area contributed by atoms with E-state index in [9.17, 15) is 9.59 Å². The van der Waals surface area contributed by atoms with Crippen molar-refractivity contribution in [3.05, 3.63) is 34.9 Å². The third kappa shape index (κ3) is 3.82. The smallest absolute Gasteiger partial charge is 0.254 e. The van der Waals surface area contributed by atoms with Crippen LogP contribution in [-0.2, 0) is 4.79 Å². The van der Waals surface area contributed by atoms with Crippen LogP contribution >= 0.6 is 0 Å². The minimum absolute atomic E-state index is 0.0273. The van der Waals surface area contributed by atoms with Crippen LogP contribution in [0.1, 0.15) is 34.3 Å². The van der Waals surface area contributed by atoms with Gasteiger partial charge in [0.05, 0.1) is 6.54 Å². The number of carbonyl (C=O) groups is 2. The summed E-state index contributed by atoms with van der Waals surface area (Å²) in [6.45, 7) is 5.55. The number of hydrogen-bond donors (Lipinski definition) is 2. The molecule has 0 spiro atoms. The number of nitrogens with one attached hydrogen (secondary N) is 1. The predicted octanol–water partition coefficient (Wildman–Crippen LogP) is 0.983. The van der Waals surface area contributed by atoms with Gasteiger partial charge in [-0.3, -0.25) is 9.59 Å². The van der Waals surface area contributed by atoms with Crippen LogP contribution in [0.2, 0.25) is 0 Å². The summed E-state index contributed by atoms with van der Waals surface area (Å²) in [7, 11) is 0. The van der Waals surface area contributed by atoms with Gasteiger partial charge in [0.25, 0.3) is 5.91 Å². The molecule has 5 heteroatoms. The first kappa shape index (κ1) is 15.5. The van der Waals surface area contributed by atoms with Gasteiger partial charge in [-0.2, -0.15) is 0 Å². The second-order valence-electron chi connectivity index (χ2n) is 5.72. The molecule has 1 saturated heterocycles. The average molecular weight is 289 g/mol. The summed E-state index contributed by atoms with van der Waals surface area (Å²) >= 11 is 0. The zero-order chi connectivity index (χ0) is 15.4. The van der Waals surface area contributed by atoms with E-state index in [1.54, 1.807) is 4.90 Å². The highest BCUT2D eigenvalue weighted by atomic mass is 16.2. The number of benzene rings is 1. The Bertz CT molecular complexity index is 536. The molecule has 0 saturated carbocycles. The van der Waals surface area contributed by atoms with Crippen molar-refractivity contribution in [3.8, 4) is 0 Å². The highest BCUT2D eigenvalue weighted by molar-refractivity contribution is 5.97. The van der Waals surface area contributed by atoms with Crippen LogP contribution in [0.4, 0.5) is 0 Å². The lowest BCUT2D eigenvalue weighted by molar-refractivity contribution is -0.119. The molecule has 1 aromatic carbocycles. The zero-order valence-electron chi connectivity index (χ0n) is 12.7. The highest BCUT2D eigenvalue weighted by Crippen LogP contribution is 2.17. The van der Waals surface area contributed by atoms with Gasteiger partial charge in [0.2, 0.25) is 5.91 Å². The van der Waals surface area contributed by atoms with E-state index in [1.807, 2.05) is 32.0 Å². The molecule has 0 radical (unpaired) electrons. The molecule has 1 heterocycles. The van der Waals surface area contributed by atoms with Crippen molar-refractivity contribution in [1.82, 2.24) is 10.2 Å². The minimum Gasteiger partial charge on any atom is -0.368 e. The fourth-order valence-corrected chi connectivity index (χ4v) is 2.84. The third-order valence-corrected chi connectivity index (χ3v) is 3.91. The van der Waals surface area contributed by atoms with Gasteiger partial charge in [-0.25, -0.2) is 0 Å². The van der Waals surface area contributed by atoms with Crippen molar-refractivity contribution in [2.24, 2.45) is 5.73 Å². The predicted molar refractivity (Wildman–Crippen MR) is 82.0 cm³/mol. The maximum absolute atomic E-state index is 12.8. The first-order chi connectivity index (χ1) is 9.99. The van der Waals surface area contributed by atoms with Crippen LogP contribution in [0.3, 0.4) is 0 Å². The van der Waals surface area contributed by atoms with Crippen molar-refractivity contribution >= 4 is 11.8 Å². The number of nitrogens with two attached hydrogens (primary N) is 1. The van der Waals surface area contributed by atoms with E-state index >= 15 is 0 Å². The van der Waals surface area contributed by atoms with Crippen molar-refractivity contribution in [2.75, 3.05) is 19.6 Å². The lowest BCUT2D eigenvalue weighted by Gasteiger charge is -2.34. The molecule has 2 rings (SSSR count). The van der Waals surface area contributed by atoms with Gasteiger partial charge < -0.3 is 16.0 Å². The number of primary amides is 1. The Morgan fingerprint density at radius 1 is 1.38 bits per heavy atom. The number of hydrogen-bond acceptors (Lipinski definition) is 3. The standard InChI is InChI=1S/C16H23N3O2/c1-11-5-6-14(12(2)8-11)16(21)19(10-15(17)20)13-4-3-7-18-9-13/h5-6,8,13,18H,3-4,7,9-10H2,1-2H3,(H2,17,20). The summed E-state index contributed by atoms with van der Waals surface area (Å²) in [5.41, 5.74) is 8.02. The van der Waals surface area contributed by atoms with Crippen molar-refractivity contribution in [3.63, 3.8) is 0 Å². The lowest BCUT2D eigenvalue weighted by atomic mass is 10.0. The van der Waals surface area contributed by atoms with E-state index < -0.39 is 5.91 Å². The molecule has 0 aliphatic carbocycles. The summed E-state index contributed by atoms with van der Waals surface area (Å²) in [4.78, 5) is 25.8. The molecule has 3 N–H and O–H groups in total. The fourth-order valence-electron chi connectivity index (χ4n) is 2.84. The first-order valence-electron chi connectivity index (χ1n) is 7.36. The molecule has 1 fully saturated rings. The van der Waals surface area contributed by atoms with Gasteiger partial charge in [0, 0.05) is 18.2 Å². The van der Waals surface area contributed by atoms with Crippen LogP contribution in [-0.4, -0.2) is 42.4 Å². The van der Waals surface area contributed by atoms with Gasteiger partial charge >= 0.3 is 0 Å². The van der Waals surface area contributed by atoms with E-state index in [4.69, 9.17) is 5.73 Å². The Balaban J connectivity index is 2.26. The van der Waals surface area contributed by atoms with Crippen LogP contribution in [0.25, 0.3) is 0 Å². The molecular weight excluding hydrogens is 266 g/mol. The Kier molecular flexibility index (Phi) is 4.96. The summed E-state index contributed by atoms with van der Waals surface area (Å²) < 4.78 is 0. The Hall–Kier alpha value is -1.88. The molecule has 0 bridgehead atoms. The molecule has 0 aromatic heterocycles. The molecule has 21 heavy (non-hydrogen) atoms. The Labute approximate surface area is 125 Å². The molecule has 2 amide bonds. The van der Waals surface area contributed by atoms with Crippen LogP contribution in [0.5, 0.6) is 0 Å².